The molecule has 19 heavy (non-hydrogen) atoms. The quantitative estimate of drug-likeness (QED) is 0.794. The van der Waals surface area contributed by atoms with Gasteiger partial charge in [-0.05, 0) is 34.7 Å². The molecular weight excluding hydrogens is 260 g/mol. The highest BCUT2D eigenvalue weighted by Crippen LogP contribution is 2.26. The fourth-order valence-corrected chi connectivity index (χ4v) is 2.59. The predicted octanol–water partition coefficient (Wildman–Crippen LogP) is 3.30. The van der Waals surface area contributed by atoms with E-state index in [2.05, 4.69) is 4.98 Å². The van der Waals surface area contributed by atoms with Crippen LogP contribution in [0, 0.1) is 0 Å². The summed E-state index contributed by atoms with van der Waals surface area (Å²) in [7, 11) is 0. The van der Waals surface area contributed by atoms with Gasteiger partial charge < -0.3 is 9.67 Å². The highest BCUT2D eigenvalue weighted by Gasteiger charge is 2.08. The molecule has 0 bridgehead atoms. The maximum Gasteiger partial charge on any atom is 0.345 e. The number of hydrogen-bond donors (Lipinski definition) is 1. The van der Waals surface area contributed by atoms with E-state index in [0.717, 1.165) is 16.8 Å². The molecule has 2 heterocycles. The zero-order valence-corrected chi connectivity index (χ0v) is 10.7. The van der Waals surface area contributed by atoms with E-state index in [9.17, 15) is 4.79 Å². The van der Waals surface area contributed by atoms with Crippen LogP contribution in [0.5, 0.6) is 0 Å². The number of benzene rings is 1. The largest absolute Gasteiger partial charge is 0.477 e. The second-order valence-electron chi connectivity index (χ2n) is 4.02. The maximum atomic E-state index is 10.9. The van der Waals surface area contributed by atoms with Crippen LogP contribution in [-0.2, 0) is 0 Å². The molecule has 5 heteroatoms. The molecule has 0 saturated heterocycles. The van der Waals surface area contributed by atoms with Gasteiger partial charge in [-0.3, -0.25) is 0 Å². The molecule has 0 unspecified atom stereocenters. The van der Waals surface area contributed by atoms with Crippen LogP contribution in [0.4, 0.5) is 0 Å². The van der Waals surface area contributed by atoms with Crippen molar-refractivity contribution in [1.29, 1.82) is 0 Å². The molecule has 3 aromatic rings. The summed E-state index contributed by atoms with van der Waals surface area (Å²) in [6.07, 6.45) is 5.34. The maximum absolute atomic E-state index is 10.9. The van der Waals surface area contributed by atoms with E-state index >= 15 is 0 Å². The van der Waals surface area contributed by atoms with Gasteiger partial charge in [0.1, 0.15) is 4.88 Å². The fraction of sp³-hybridized carbons (Fsp3) is 0. The van der Waals surface area contributed by atoms with Crippen LogP contribution in [0.3, 0.4) is 0 Å². The zero-order valence-electron chi connectivity index (χ0n) is 9.85. The van der Waals surface area contributed by atoms with Crippen molar-refractivity contribution in [3.63, 3.8) is 0 Å². The summed E-state index contributed by atoms with van der Waals surface area (Å²) >= 11 is 1.24. The molecule has 0 fully saturated rings. The number of hydrogen-bond acceptors (Lipinski definition) is 3. The molecular formula is C14H10N2O2S. The second kappa shape index (κ2) is 4.70. The molecule has 0 saturated carbocycles. The highest BCUT2D eigenvalue weighted by atomic mass is 32.1. The van der Waals surface area contributed by atoms with Crippen LogP contribution >= 0.6 is 11.3 Å². The number of rotatable bonds is 3. The second-order valence-corrected chi connectivity index (χ2v) is 4.93. The van der Waals surface area contributed by atoms with Gasteiger partial charge in [0.2, 0.25) is 0 Å². The predicted molar refractivity (Wildman–Crippen MR) is 73.8 cm³/mol. The molecule has 0 amide bonds. The van der Waals surface area contributed by atoms with Crippen molar-refractivity contribution in [1.82, 2.24) is 9.55 Å². The summed E-state index contributed by atoms with van der Waals surface area (Å²) in [5, 5.41) is 10.8. The van der Waals surface area contributed by atoms with Crippen LogP contribution in [0.25, 0.3) is 16.8 Å². The summed E-state index contributed by atoms with van der Waals surface area (Å²) in [6, 6.07) is 9.61. The Morgan fingerprint density at radius 3 is 2.58 bits per heavy atom. The van der Waals surface area contributed by atoms with Crippen molar-refractivity contribution >= 4 is 17.3 Å². The van der Waals surface area contributed by atoms with Crippen molar-refractivity contribution in [3.05, 3.63) is 59.3 Å². The third kappa shape index (κ3) is 2.28. The summed E-state index contributed by atoms with van der Waals surface area (Å²) in [5.74, 6) is -0.883. The van der Waals surface area contributed by atoms with E-state index in [1.807, 2.05) is 40.4 Å². The molecule has 0 aliphatic rings. The highest BCUT2D eigenvalue weighted by molar-refractivity contribution is 7.12. The molecule has 0 spiro atoms. The van der Waals surface area contributed by atoms with Crippen LogP contribution in [0.2, 0.25) is 0 Å². The number of imidazole rings is 1. The number of nitrogens with zero attached hydrogens (tertiary/aromatic N) is 2. The van der Waals surface area contributed by atoms with Gasteiger partial charge in [-0.15, -0.1) is 11.3 Å². The average molecular weight is 270 g/mol. The Morgan fingerprint density at radius 2 is 2.00 bits per heavy atom. The number of carbonyl (C=O) groups is 1. The SMILES string of the molecule is O=C(O)c1cc(-c2ccc(-n3ccnc3)cc2)cs1. The van der Waals surface area contributed by atoms with Crippen LogP contribution in [0.15, 0.2) is 54.4 Å². The van der Waals surface area contributed by atoms with Crippen LogP contribution in [0.1, 0.15) is 9.67 Å². The molecule has 0 atom stereocenters. The number of carboxylic acids is 1. The molecule has 0 aliphatic carbocycles. The van der Waals surface area contributed by atoms with Gasteiger partial charge in [-0.25, -0.2) is 9.78 Å². The van der Waals surface area contributed by atoms with E-state index < -0.39 is 5.97 Å². The van der Waals surface area contributed by atoms with Gasteiger partial charge in [-0.1, -0.05) is 12.1 Å². The van der Waals surface area contributed by atoms with E-state index in [0.29, 0.717) is 4.88 Å². The Bertz CT molecular complexity index is 699. The minimum absolute atomic E-state index is 0.355. The smallest absolute Gasteiger partial charge is 0.345 e. The van der Waals surface area contributed by atoms with Crippen molar-refractivity contribution in [3.8, 4) is 16.8 Å². The van der Waals surface area contributed by atoms with Gasteiger partial charge in [0, 0.05) is 18.1 Å². The minimum atomic E-state index is -0.883. The summed E-state index contributed by atoms with van der Waals surface area (Å²) in [6.45, 7) is 0. The molecule has 0 radical (unpaired) electrons. The lowest BCUT2D eigenvalue weighted by atomic mass is 10.1. The van der Waals surface area contributed by atoms with Gasteiger partial charge in [-0.2, -0.15) is 0 Å². The molecule has 1 aromatic carbocycles. The van der Waals surface area contributed by atoms with Crippen LogP contribution in [-0.4, -0.2) is 20.6 Å². The Labute approximate surface area is 113 Å². The van der Waals surface area contributed by atoms with E-state index in [4.69, 9.17) is 5.11 Å². The van der Waals surface area contributed by atoms with Crippen molar-refractivity contribution in [2.75, 3.05) is 0 Å². The van der Waals surface area contributed by atoms with Crippen molar-refractivity contribution in [2.24, 2.45) is 0 Å². The van der Waals surface area contributed by atoms with Gasteiger partial charge in [0.05, 0.1) is 6.33 Å². The van der Waals surface area contributed by atoms with Gasteiger partial charge >= 0.3 is 5.97 Å². The summed E-state index contributed by atoms with van der Waals surface area (Å²) in [5.41, 5.74) is 2.96. The number of carboxylic acid groups (broad SMARTS) is 1. The van der Waals surface area contributed by atoms with E-state index in [-0.39, 0.29) is 0 Å². The summed E-state index contributed by atoms with van der Waals surface area (Å²) < 4.78 is 1.92. The first-order valence-corrected chi connectivity index (χ1v) is 6.52. The minimum Gasteiger partial charge on any atom is -0.477 e. The fourth-order valence-electron chi connectivity index (χ4n) is 1.84. The first kappa shape index (κ1) is 11.7. The monoisotopic (exact) mass is 270 g/mol. The lowest BCUT2D eigenvalue weighted by Crippen LogP contribution is -1.90. The molecule has 0 aliphatic heterocycles. The van der Waals surface area contributed by atoms with Crippen molar-refractivity contribution in [2.45, 2.75) is 0 Å². The van der Waals surface area contributed by atoms with Crippen molar-refractivity contribution < 1.29 is 9.90 Å². The topological polar surface area (TPSA) is 55.1 Å². The van der Waals surface area contributed by atoms with E-state index in [1.165, 1.54) is 11.3 Å². The average Bonchev–Trinajstić information content (AvgIpc) is 3.11. The first-order chi connectivity index (χ1) is 9.24. The first-order valence-electron chi connectivity index (χ1n) is 5.64. The van der Waals surface area contributed by atoms with Gasteiger partial charge in [0.25, 0.3) is 0 Å². The standard InChI is InChI=1S/C14H10N2O2S/c17-14(18)13-7-11(8-19-13)10-1-3-12(4-2-10)16-6-5-15-9-16/h1-9H,(H,17,18). The number of aromatic carboxylic acids is 1. The van der Waals surface area contributed by atoms with Crippen LogP contribution < -0.4 is 0 Å². The third-order valence-corrected chi connectivity index (χ3v) is 3.73. The number of thiophene rings is 1. The summed E-state index contributed by atoms with van der Waals surface area (Å²) in [4.78, 5) is 15.2. The van der Waals surface area contributed by atoms with E-state index in [1.54, 1.807) is 18.6 Å². The molecule has 1 N–H and O–H groups in total. The lowest BCUT2D eigenvalue weighted by molar-refractivity contribution is 0.0702. The Kier molecular flexibility index (Phi) is 2.89. The Balaban J connectivity index is 1.91. The Morgan fingerprint density at radius 1 is 1.21 bits per heavy atom. The van der Waals surface area contributed by atoms with Gasteiger partial charge in [0.15, 0.2) is 0 Å². The lowest BCUT2D eigenvalue weighted by Gasteiger charge is -2.03. The number of aromatic nitrogens is 2. The third-order valence-electron chi connectivity index (χ3n) is 2.81. The normalized spacial score (nSPS) is 10.5. The molecule has 2 aromatic heterocycles. The zero-order chi connectivity index (χ0) is 13.2. The Hall–Kier alpha value is -2.40. The molecule has 4 nitrogen and oxygen atoms in total. The molecule has 3 rings (SSSR count). The molecule has 94 valence electrons.